The minimum atomic E-state index is 0.139. The van der Waals surface area contributed by atoms with Crippen LogP contribution in [0.1, 0.15) is 36.8 Å². The summed E-state index contributed by atoms with van der Waals surface area (Å²) >= 11 is 0. The van der Waals surface area contributed by atoms with E-state index in [1.807, 2.05) is 41.3 Å². The number of carbonyl (C=O) groups is 1. The molecule has 1 heterocycles. The lowest BCUT2D eigenvalue weighted by molar-refractivity contribution is -0.133. The number of fused-ring (bicyclic) bond motifs is 1. The summed E-state index contributed by atoms with van der Waals surface area (Å²) in [4.78, 5) is 14.9. The number of nitrogens with zero attached hydrogens (tertiary/aromatic N) is 1. The number of hydrogen-bond acceptors (Lipinski definition) is 4. The monoisotopic (exact) mass is 369 g/mol. The van der Waals surface area contributed by atoms with E-state index in [9.17, 15) is 4.79 Å². The molecule has 0 fully saturated rings. The highest BCUT2D eigenvalue weighted by atomic mass is 16.7. The first-order valence-electron chi connectivity index (χ1n) is 9.41. The summed E-state index contributed by atoms with van der Waals surface area (Å²) in [6, 6.07) is 16.1. The Kier molecular flexibility index (Phi) is 6.71. The van der Waals surface area contributed by atoms with Crippen LogP contribution in [0.2, 0.25) is 0 Å². The van der Waals surface area contributed by atoms with Crippen molar-refractivity contribution >= 4 is 5.91 Å². The molecule has 1 atom stereocenters. The smallest absolute Gasteiger partial charge is 0.231 e. The van der Waals surface area contributed by atoms with Gasteiger partial charge in [-0.1, -0.05) is 43.3 Å². The Morgan fingerprint density at radius 3 is 2.67 bits per heavy atom. The van der Waals surface area contributed by atoms with E-state index in [2.05, 4.69) is 19.1 Å². The van der Waals surface area contributed by atoms with E-state index in [1.54, 1.807) is 7.11 Å². The van der Waals surface area contributed by atoms with Crippen molar-refractivity contribution in [2.75, 3.05) is 27.1 Å². The van der Waals surface area contributed by atoms with Gasteiger partial charge in [-0.25, -0.2) is 0 Å². The Morgan fingerprint density at radius 2 is 1.93 bits per heavy atom. The van der Waals surface area contributed by atoms with Crippen LogP contribution in [0.15, 0.2) is 48.5 Å². The summed E-state index contributed by atoms with van der Waals surface area (Å²) in [7, 11) is 1.65. The molecule has 144 valence electrons. The second-order valence-corrected chi connectivity index (χ2v) is 6.72. The summed E-state index contributed by atoms with van der Waals surface area (Å²) in [5, 5.41) is 0. The van der Waals surface area contributed by atoms with E-state index < -0.39 is 0 Å². The second-order valence-electron chi connectivity index (χ2n) is 6.72. The van der Waals surface area contributed by atoms with Gasteiger partial charge in [0, 0.05) is 26.6 Å². The Balaban J connectivity index is 1.70. The number of benzene rings is 2. The molecule has 1 aliphatic heterocycles. The summed E-state index contributed by atoms with van der Waals surface area (Å²) in [6.07, 6.45) is 1.42. The zero-order valence-corrected chi connectivity index (χ0v) is 16.0. The maximum Gasteiger partial charge on any atom is 0.231 e. The lowest BCUT2D eigenvalue weighted by atomic mass is 9.92. The van der Waals surface area contributed by atoms with Gasteiger partial charge >= 0.3 is 0 Å². The predicted molar refractivity (Wildman–Crippen MR) is 104 cm³/mol. The number of ether oxygens (including phenoxy) is 3. The van der Waals surface area contributed by atoms with Crippen LogP contribution in [0, 0.1) is 0 Å². The molecule has 0 radical (unpaired) electrons. The quantitative estimate of drug-likeness (QED) is 0.671. The van der Waals surface area contributed by atoms with Crippen molar-refractivity contribution in [2.45, 2.75) is 32.2 Å². The van der Waals surface area contributed by atoms with Gasteiger partial charge in [0.2, 0.25) is 12.7 Å². The topological polar surface area (TPSA) is 48.0 Å². The molecule has 5 heteroatoms. The molecular weight excluding hydrogens is 342 g/mol. The van der Waals surface area contributed by atoms with Crippen LogP contribution in [-0.2, 0) is 16.1 Å². The molecule has 3 rings (SSSR count). The number of amides is 1. The van der Waals surface area contributed by atoms with Crippen LogP contribution in [0.5, 0.6) is 11.5 Å². The van der Waals surface area contributed by atoms with E-state index in [4.69, 9.17) is 14.2 Å². The third-order valence-corrected chi connectivity index (χ3v) is 4.91. The first-order chi connectivity index (χ1) is 13.2. The molecule has 0 N–H and O–H groups in total. The zero-order valence-electron chi connectivity index (χ0n) is 16.0. The van der Waals surface area contributed by atoms with Gasteiger partial charge in [-0.15, -0.1) is 0 Å². The Labute approximate surface area is 160 Å². The SMILES string of the molecule is CCC(CC(=O)N(CCOC)Cc1ccc2c(c1)OCO2)c1ccccc1. The highest BCUT2D eigenvalue weighted by Crippen LogP contribution is 2.33. The van der Waals surface area contributed by atoms with Gasteiger partial charge in [0.05, 0.1) is 6.61 Å². The van der Waals surface area contributed by atoms with Crippen LogP contribution in [0.3, 0.4) is 0 Å². The van der Waals surface area contributed by atoms with Crippen molar-refractivity contribution in [1.29, 1.82) is 0 Å². The van der Waals surface area contributed by atoms with Gasteiger partial charge in [-0.2, -0.15) is 0 Å². The van der Waals surface area contributed by atoms with E-state index in [0.717, 1.165) is 23.5 Å². The van der Waals surface area contributed by atoms with Gasteiger partial charge < -0.3 is 19.1 Å². The fourth-order valence-electron chi connectivity index (χ4n) is 3.32. The highest BCUT2D eigenvalue weighted by molar-refractivity contribution is 5.77. The lowest BCUT2D eigenvalue weighted by Gasteiger charge is -2.25. The van der Waals surface area contributed by atoms with Gasteiger partial charge in [0.25, 0.3) is 0 Å². The van der Waals surface area contributed by atoms with Crippen molar-refractivity contribution in [3.8, 4) is 11.5 Å². The van der Waals surface area contributed by atoms with E-state index in [1.165, 1.54) is 5.56 Å². The van der Waals surface area contributed by atoms with Crippen molar-refractivity contribution < 1.29 is 19.0 Å². The fraction of sp³-hybridized carbons (Fsp3) is 0.409. The van der Waals surface area contributed by atoms with E-state index >= 15 is 0 Å². The Morgan fingerprint density at radius 1 is 1.15 bits per heavy atom. The summed E-state index contributed by atoms with van der Waals surface area (Å²) in [5.41, 5.74) is 2.24. The standard InChI is InChI=1S/C22H27NO4/c1-3-18(19-7-5-4-6-8-19)14-22(24)23(11-12-25-2)15-17-9-10-20-21(13-17)27-16-26-20/h4-10,13,18H,3,11-12,14-16H2,1-2H3. The Hall–Kier alpha value is -2.53. The molecule has 1 aliphatic rings. The third kappa shape index (κ3) is 5.01. The van der Waals surface area contributed by atoms with Crippen molar-refractivity contribution in [2.24, 2.45) is 0 Å². The average Bonchev–Trinajstić information content (AvgIpc) is 3.17. The van der Waals surface area contributed by atoms with Gasteiger partial charge in [0.15, 0.2) is 11.5 Å². The van der Waals surface area contributed by atoms with Gasteiger partial charge in [0.1, 0.15) is 0 Å². The van der Waals surface area contributed by atoms with Crippen LogP contribution < -0.4 is 9.47 Å². The predicted octanol–water partition coefficient (Wildman–Crippen LogP) is 3.97. The van der Waals surface area contributed by atoms with Crippen LogP contribution in [0.4, 0.5) is 0 Å². The minimum Gasteiger partial charge on any atom is -0.454 e. The maximum atomic E-state index is 13.0. The summed E-state index contributed by atoms with van der Waals surface area (Å²) in [6.45, 7) is 3.99. The fourth-order valence-corrected chi connectivity index (χ4v) is 3.32. The molecule has 0 saturated carbocycles. The molecule has 5 nitrogen and oxygen atoms in total. The zero-order chi connectivity index (χ0) is 19.1. The number of methoxy groups -OCH3 is 1. The summed E-state index contributed by atoms with van der Waals surface area (Å²) < 4.78 is 16.0. The molecule has 0 bridgehead atoms. The molecule has 27 heavy (non-hydrogen) atoms. The van der Waals surface area contributed by atoms with E-state index in [0.29, 0.717) is 26.1 Å². The van der Waals surface area contributed by atoms with Crippen molar-refractivity contribution in [3.05, 3.63) is 59.7 Å². The first-order valence-corrected chi connectivity index (χ1v) is 9.41. The van der Waals surface area contributed by atoms with Crippen LogP contribution >= 0.6 is 0 Å². The molecule has 1 amide bonds. The van der Waals surface area contributed by atoms with Crippen LogP contribution in [-0.4, -0.2) is 37.9 Å². The molecular formula is C22H27NO4. The number of rotatable bonds is 9. The molecule has 0 saturated heterocycles. The van der Waals surface area contributed by atoms with Crippen molar-refractivity contribution in [3.63, 3.8) is 0 Å². The maximum absolute atomic E-state index is 13.0. The lowest BCUT2D eigenvalue weighted by Crippen LogP contribution is -2.34. The summed E-state index contributed by atoms with van der Waals surface area (Å²) in [5.74, 6) is 1.85. The molecule has 2 aromatic rings. The molecule has 0 aromatic heterocycles. The molecule has 1 unspecified atom stereocenters. The highest BCUT2D eigenvalue weighted by Gasteiger charge is 2.21. The Bertz CT molecular complexity index is 747. The normalized spacial score (nSPS) is 13.4. The number of hydrogen-bond donors (Lipinski definition) is 0. The minimum absolute atomic E-state index is 0.139. The molecule has 0 spiro atoms. The second kappa shape index (κ2) is 9.42. The first kappa shape index (κ1) is 19.2. The van der Waals surface area contributed by atoms with Gasteiger partial charge in [-0.05, 0) is 35.6 Å². The van der Waals surface area contributed by atoms with Crippen molar-refractivity contribution in [1.82, 2.24) is 4.90 Å². The van der Waals surface area contributed by atoms with E-state index in [-0.39, 0.29) is 18.6 Å². The number of carbonyl (C=O) groups excluding carboxylic acids is 1. The average molecular weight is 369 g/mol. The third-order valence-electron chi connectivity index (χ3n) is 4.91. The van der Waals surface area contributed by atoms with Crippen LogP contribution in [0.25, 0.3) is 0 Å². The molecule has 2 aromatic carbocycles. The molecule has 0 aliphatic carbocycles. The largest absolute Gasteiger partial charge is 0.454 e. The van der Waals surface area contributed by atoms with Gasteiger partial charge in [-0.3, -0.25) is 4.79 Å².